The van der Waals surface area contributed by atoms with E-state index in [1.807, 2.05) is 30.5 Å². The van der Waals surface area contributed by atoms with Gasteiger partial charge in [-0.25, -0.2) is 4.98 Å². The van der Waals surface area contributed by atoms with Crippen molar-refractivity contribution in [2.75, 3.05) is 11.9 Å². The van der Waals surface area contributed by atoms with Gasteiger partial charge in [-0.1, -0.05) is 29.8 Å². The summed E-state index contributed by atoms with van der Waals surface area (Å²) in [5.41, 5.74) is 3.26. The van der Waals surface area contributed by atoms with Crippen LogP contribution in [0.2, 0.25) is 5.02 Å². The molecular weight excluding hydrogens is 328 g/mol. The molecule has 0 aliphatic rings. The molecule has 4 aromatic rings. The Morgan fingerprint density at radius 1 is 1.29 bits per heavy atom. The number of carboxylic acid groups (broad SMARTS) is 1. The standard InChI is InChI=1S/C17H13ClN4O2/c18-10-5-6-14-21-16(17(22(14)9-10)20-8-15(23)24)12-7-19-13-4-2-1-3-11(12)13/h1-7,9,19-20H,8H2,(H,23,24). The van der Waals surface area contributed by atoms with E-state index in [2.05, 4.69) is 15.3 Å². The fraction of sp³-hybridized carbons (Fsp3) is 0.0588. The van der Waals surface area contributed by atoms with Gasteiger partial charge in [0.2, 0.25) is 0 Å². The smallest absolute Gasteiger partial charge is 0.322 e. The van der Waals surface area contributed by atoms with E-state index in [-0.39, 0.29) is 6.54 Å². The number of hydrogen-bond donors (Lipinski definition) is 3. The third-order valence-electron chi connectivity index (χ3n) is 3.83. The number of fused-ring (bicyclic) bond motifs is 2. The number of anilines is 1. The summed E-state index contributed by atoms with van der Waals surface area (Å²) in [4.78, 5) is 18.9. The number of aromatic amines is 1. The molecule has 6 nitrogen and oxygen atoms in total. The van der Waals surface area contributed by atoms with Crippen LogP contribution in [0.25, 0.3) is 27.8 Å². The summed E-state index contributed by atoms with van der Waals surface area (Å²) >= 11 is 6.08. The van der Waals surface area contributed by atoms with E-state index in [0.717, 1.165) is 16.5 Å². The number of benzene rings is 1. The van der Waals surface area contributed by atoms with Crippen molar-refractivity contribution in [1.29, 1.82) is 0 Å². The minimum atomic E-state index is -0.947. The molecule has 0 bridgehead atoms. The maximum Gasteiger partial charge on any atom is 0.322 e. The van der Waals surface area contributed by atoms with Crippen LogP contribution < -0.4 is 5.32 Å². The number of carboxylic acids is 1. The van der Waals surface area contributed by atoms with E-state index in [1.54, 1.807) is 22.7 Å². The molecule has 120 valence electrons. The zero-order valence-corrected chi connectivity index (χ0v) is 13.2. The summed E-state index contributed by atoms with van der Waals surface area (Å²) in [5, 5.41) is 13.5. The Balaban J connectivity index is 1.96. The van der Waals surface area contributed by atoms with E-state index < -0.39 is 5.97 Å². The van der Waals surface area contributed by atoms with Gasteiger partial charge in [0.1, 0.15) is 23.7 Å². The van der Waals surface area contributed by atoms with E-state index in [9.17, 15) is 4.79 Å². The summed E-state index contributed by atoms with van der Waals surface area (Å²) in [6, 6.07) is 11.4. The fourth-order valence-electron chi connectivity index (χ4n) is 2.80. The number of carbonyl (C=O) groups is 1. The van der Waals surface area contributed by atoms with Crippen LogP contribution in [0, 0.1) is 0 Å². The molecule has 0 saturated heterocycles. The molecule has 3 heterocycles. The number of aliphatic carboxylic acids is 1. The zero-order valence-electron chi connectivity index (χ0n) is 12.5. The highest BCUT2D eigenvalue weighted by molar-refractivity contribution is 6.30. The highest BCUT2D eigenvalue weighted by Gasteiger charge is 2.18. The SMILES string of the molecule is O=C(O)CNc1c(-c2c[nH]c3ccccc23)nc2ccc(Cl)cn12. The van der Waals surface area contributed by atoms with Gasteiger partial charge in [0.15, 0.2) is 0 Å². The molecule has 0 spiro atoms. The van der Waals surface area contributed by atoms with Crippen molar-refractivity contribution in [2.45, 2.75) is 0 Å². The Hall–Kier alpha value is -2.99. The second-order valence-corrected chi connectivity index (χ2v) is 5.82. The van der Waals surface area contributed by atoms with Gasteiger partial charge in [-0.2, -0.15) is 0 Å². The van der Waals surface area contributed by atoms with Crippen LogP contribution in [0.5, 0.6) is 0 Å². The minimum Gasteiger partial charge on any atom is -0.480 e. The van der Waals surface area contributed by atoms with E-state index in [0.29, 0.717) is 22.2 Å². The molecule has 7 heteroatoms. The van der Waals surface area contributed by atoms with Crippen LogP contribution in [0.3, 0.4) is 0 Å². The lowest BCUT2D eigenvalue weighted by atomic mass is 10.1. The molecular formula is C17H13ClN4O2. The predicted molar refractivity (Wildman–Crippen MR) is 93.6 cm³/mol. The molecule has 0 saturated carbocycles. The second kappa shape index (κ2) is 5.58. The first kappa shape index (κ1) is 14.6. The lowest BCUT2D eigenvalue weighted by Gasteiger charge is -2.06. The molecule has 3 N–H and O–H groups in total. The largest absolute Gasteiger partial charge is 0.480 e. The number of para-hydroxylation sites is 1. The van der Waals surface area contributed by atoms with Crippen molar-refractivity contribution in [3.63, 3.8) is 0 Å². The first-order valence-electron chi connectivity index (χ1n) is 7.33. The Morgan fingerprint density at radius 2 is 2.12 bits per heavy atom. The van der Waals surface area contributed by atoms with E-state index in [4.69, 9.17) is 16.7 Å². The van der Waals surface area contributed by atoms with Gasteiger partial charge in [0.05, 0.1) is 5.02 Å². The van der Waals surface area contributed by atoms with Gasteiger partial charge in [-0.15, -0.1) is 0 Å². The van der Waals surface area contributed by atoms with Gasteiger partial charge >= 0.3 is 5.97 Å². The summed E-state index contributed by atoms with van der Waals surface area (Å²) in [6.45, 7) is -0.213. The molecule has 0 radical (unpaired) electrons. The normalized spacial score (nSPS) is 11.2. The van der Waals surface area contributed by atoms with Crippen LogP contribution in [0.1, 0.15) is 0 Å². The topological polar surface area (TPSA) is 82.4 Å². The van der Waals surface area contributed by atoms with Gasteiger partial charge in [-0.05, 0) is 18.2 Å². The number of imidazole rings is 1. The van der Waals surface area contributed by atoms with Crippen molar-refractivity contribution in [3.8, 4) is 11.3 Å². The van der Waals surface area contributed by atoms with E-state index in [1.165, 1.54) is 0 Å². The first-order valence-corrected chi connectivity index (χ1v) is 7.71. The predicted octanol–water partition coefficient (Wildman–Crippen LogP) is 3.63. The number of pyridine rings is 1. The number of nitrogens with one attached hydrogen (secondary N) is 2. The van der Waals surface area contributed by atoms with E-state index >= 15 is 0 Å². The van der Waals surface area contributed by atoms with Gasteiger partial charge in [-0.3, -0.25) is 9.20 Å². The average Bonchev–Trinajstić information content (AvgIpc) is 3.13. The average molecular weight is 341 g/mol. The summed E-state index contributed by atoms with van der Waals surface area (Å²) in [7, 11) is 0. The Kier molecular flexibility index (Phi) is 3.39. The van der Waals surface area contributed by atoms with Crippen LogP contribution >= 0.6 is 11.6 Å². The second-order valence-electron chi connectivity index (χ2n) is 5.38. The number of rotatable bonds is 4. The third-order valence-corrected chi connectivity index (χ3v) is 4.06. The minimum absolute atomic E-state index is 0.213. The molecule has 24 heavy (non-hydrogen) atoms. The summed E-state index contributed by atoms with van der Waals surface area (Å²) < 4.78 is 1.77. The third kappa shape index (κ3) is 2.37. The van der Waals surface area contributed by atoms with Crippen molar-refractivity contribution in [2.24, 2.45) is 0 Å². The quantitative estimate of drug-likeness (QED) is 0.530. The number of hydrogen-bond acceptors (Lipinski definition) is 3. The van der Waals surface area contributed by atoms with Crippen molar-refractivity contribution in [1.82, 2.24) is 14.4 Å². The van der Waals surface area contributed by atoms with Crippen molar-refractivity contribution < 1.29 is 9.90 Å². The maximum absolute atomic E-state index is 11.0. The van der Waals surface area contributed by atoms with Gasteiger partial charge in [0.25, 0.3) is 0 Å². The molecule has 0 unspecified atom stereocenters. The fourth-order valence-corrected chi connectivity index (χ4v) is 2.96. The number of H-pyrrole nitrogens is 1. The molecule has 3 aromatic heterocycles. The molecule has 0 aliphatic carbocycles. The van der Waals surface area contributed by atoms with Gasteiger partial charge in [0, 0.05) is 28.9 Å². The summed E-state index contributed by atoms with van der Waals surface area (Å²) in [5.74, 6) is -0.350. The lowest BCUT2D eigenvalue weighted by Crippen LogP contribution is -2.14. The highest BCUT2D eigenvalue weighted by Crippen LogP contribution is 2.34. The van der Waals surface area contributed by atoms with Crippen molar-refractivity contribution >= 4 is 39.9 Å². The highest BCUT2D eigenvalue weighted by atomic mass is 35.5. The molecule has 4 rings (SSSR count). The number of aromatic nitrogens is 3. The Bertz CT molecular complexity index is 1070. The van der Waals surface area contributed by atoms with Crippen molar-refractivity contribution in [3.05, 3.63) is 53.8 Å². The van der Waals surface area contributed by atoms with Crippen LogP contribution in [-0.2, 0) is 4.79 Å². The van der Waals surface area contributed by atoms with Crippen LogP contribution in [0.4, 0.5) is 5.82 Å². The monoisotopic (exact) mass is 340 g/mol. The first-order chi connectivity index (χ1) is 11.6. The Morgan fingerprint density at radius 3 is 2.96 bits per heavy atom. The molecule has 0 amide bonds. The molecule has 1 aromatic carbocycles. The number of nitrogens with zero attached hydrogens (tertiary/aromatic N) is 2. The number of halogens is 1. The molecule has 0 fully saturated rings. The van der Waals surface area contributed by atoms with Gasteiger partial charge < -0.3 is 15.4 Å². The Labute approximate surface area is 141 Å². The summed E-state index contributed by atoms with van der Waals surface area (Å²) in [6.07, 6.45) is 3.59. The zero-order chi connectivity index (χ0) is 16.7. The maximum atomic E-state index is 11.0. The van der Waals surface area contributed by atoms with Crippen LogP contribution in [-0.4, -0.2) is 32.0 Å². The lowest BCUT2D eigenvalue weighted by molar-refractivity contribution is -0.134. The molecule has 0 aliphatic heterocycles. The van der Waals surface area contributed by atoms with Crippen LogP contribution in [0.15, 0.2) is 48.8 Å². The molecule has 0 atom stereocenters.